The first-order chi connectivity index (χ1) is 6.68. The number of nitrogens with two attached hydrogens (primary N) is 1. The number of carbonyl (C=O) groups is 2. The van der Waals surface area contributed by atoms with E-state index in [2.05, 4.69) is 11.4 Å². The average molecular weight is 191 g/mol. The zero-order valence-corrected chi connectivity index (χ0v) is 7.11. The summed E-state index contributed by atoms with van der Waals surface area (Å²) in [6, 6.07) is 7.72. The number of amides is 2. The lowest BCUT2D eigenvalue weighted by Gasteiger charge is -2.22. The fourth-order valence-electron chi connectivity index (χ4n) is 1.17. The minimum absolute atomic E-state index is 0.399. The predicted molar refractivity (Wildman–Crippen MR) is 47.5 cm³/mol. The molecule has 1 aliphatic rings. The van der Waals surface area contributed by atoms with Gasteiger partial charge in [0.1, 0.15) is 5.75 Å². The molecule has 3 N–H and O–H groups in total. The van der Waals surface area contributed by atoms with Crippen LogP contribution in [0.4, 0.5) is 5.69 Å². The van der Waals surface area contributed by atoms with Gasteiger partial charge in [0.2, 0.25) is 0 Å². The fourth-order valence-corrected chi connectivity index (χ4v) is 1.17. The van der Waals surface area contributed by atoms with Gasteiger partial charge < -0.3 is 15.8 Å². The van der Waals surface area contributed by atoms with Gasteiger partial charge in [0.05, 0.1) is 5.69 Å². The van der Waals surface area contributed by atoms with Gasteiger partial charge in [-0.25, -0.2) is 0 Å². The molecule has 0 saturated carbocycles. The van der Waals surface area contributed by atoms with Gasteiger partial charge in [-0.1, -0.05) is 12.1 Å². The second kappa shape index (κ2) is 3.02. The molecule has 1 heterocycles. The number of carbonyl (C=O) groups excluding carboxylic acids is 2. The summed E-state index contributed by atoms with van der Waals surface area (Å²) >= 11 is 0. The van der Waals surface area contributed by atoms with Crippen molar-refractivity contribution in [1.82, 2.24) is 0 Å². The lowest BCUT2D eigenvalue weighted by Crippen LogP contribution is -2.46. The van der Waals surface area contributed by atoms with Crippen LogP contribution >= 0.6 is 0 Å². The van der Waals surface area contributed by atoms with E-state index in [9.17, 15) is 9.59 Å². The predicted octanol–water partition coefficient (Wildman–Crippen LogP) is -0.328. The molecule has 2 rings (SSSR count). The Hall–Kier alpha value is -2.04. The molecule has 5 nitrogen and oxygen atoms in total. The molecule has 0 aliphatic carbocycles. The molecule has 1 unspecified atom stereocenters. The van der Waals surface area contributed by atoms with Crippen molar-refractivity contribution < 1.29 is 14.3 Å². The van der Waals surface area contributed by atoms with Crippen LogP contribution in [0.2, 0.25) is 0 Å². The Morgan fingerprint density at radius 2 is 2.43 bits per heavy atom. The molecule has 1 aliphatic heterocycles. The smallest absolute Gasteiger partial charge is 0.275 e. The summed E-state index contributed by atoms with van der Waals surface area (Å²) < 4.78 is 5.09. The zero-order chi connectivity index (χ0) is 10.1. The van der Waals surface area contributed by atoms with Gasteiger partial charge in [0, 0.05) is 6.07 Å². The van der Waals surface area contributed by atoms with Crippen LogP contribution in [0, 0.1) is 6.07 Å². The summed E-state index contributed by atoms with van der Waals surface area (Å²) in [6.07, 6.45) is -1.25. The van der Waals surface area contributed by atoms with Crippen LogP contribution in [-0.2, 0) is 9.59 Å². The second-order valence-electron chi connectivity index (χ2n) is 2.80. The summed E-state index contributed by atoms with van der Waals surface area (Å²) in [5.41, 5.74) is 5.41. The van der Waals surface area contributed by atoms with Crippen molar-refractivity contribution in [2.75, 3.05) is 5.32 Å². The van der Waals surface area contributed by atoms with Crippen LogP contribution in [0.5, 0.6) is 5.75 Å². The molecule has 71 valence electrons. The third-order valence-electron chi connectivity index (χ3n) is 1.81. The third-order valence-corrected chi connectivity index (χ3v) is 1.81. The Bertz CT molecular complexity index is 403. The van der Waals surface area contributed by atoms with Gasteiger partial charge in [-0.05, 0) is 6.07 Å². The number of ether oxygens (including phenoxy) is 1. The van der Waals surface area contributed by atoms with Crippen LogP contribution in [0.15, 0.2) is 18.2 Å². The third kappa shape index (κ3) is 1.28. The standard InChI is InChI=1S/C9H7N2O3/c10-8(12)7-9(13)11-5-3-1-2-4-6(5)14-7/h1-2,4,7H,(H2,10,12)(H,11,13). The van der Waals surface area contributed by atoms with Crippen LogP contribution in [0.1, 0.15) is 0 Å². The Kier molecular flexibility index (Phi) is 1.85. The van der Waals surface area contributed by atoms with E-state index in [1.165, 1.54) is 0 Å². The number of anilines is 1. The van der Waals surface area contributed by atoms with Crippen molar-refractivity contribution in [2.45, 2.75) is 6.10 Å². The van der Waals surface area contributed by atoms with E-state index in [-0.39, 0.29) is 0 Å². The normalized spacial score (nSPS) is 19.1. The molecule has 0 spiro atoms. The number of hydrogen-bond donors (Lipinski definition) is 2. The maximum absolute atomic E-state index is 11.2. The number of benzene rings is 1. The lowest BCUT2D eigenvalue weighted by atomic mass is 10.2. The molecular weight excluding hydrogens is 184 g/mol. The first-order valence-electron chi connectivity index (χ1n) is 3.96. The van der Waals surface area contributed by atoms with Gasteiger partial charge in [-0.15, -0.1) is 0 Å². The molecule has 0 fully saturated rings. The van der Waals surface area contributed by atoms with Crippen molar-refractivity contribution in [2.24, 2.45) is 5.73 Å². The van der Waals surface area contributed by atoms with Crippen molar-refractivity contribution in [3.8, 4) is 5.75 Å². The molecule has 1 atom stereocenters. The van der Waals surface area contributed by atoms with Gasteiger partial charge in [0.25, 0.3) is 17.9 Å². The molecule has 0 bridgehead atoms. The van der Waals surface area contributed by atoms with Gasteiger partial charge in [0.15, 0.2) is 0 Å². The summed E-state index contributed by atoms with van der Waals surface area (Å²) in [4.78, 5) is 22.0. The van der Waals surface area contributed by atoms with E-state index in [0.29, 0.717) is 11.4 Å². The minimum atomic E-state index is -1.25. The molecular formula is C9H7N2O3. The lowest BCUT2D eigenvalue weighted by molar-refractivity contribution is -0.135. The molecule has 5 heteroatoms. The largest absolute Gasteiger partial charge is 0.468 e. The Labute approximate surface area is 79.8 Å². The van der Waals surface area contributed by atoms with Gasteiger partial charge >= 0.3 is 0 Å². The van der Waals surface area contributed by atoms with E-state index in [0.717, 1.165) is 0 Å². The van der Waals surface area contributed by atoms with E-state index in [4.69, 9.17) is 10.5 Å². The molecule has 2 amide bonds. The number of primary amides is 1. The summed E-state index contributed by atoms with van der Waals surface area (Å²) in [5, 5.41) is 2.47. The topological polar surface area (TPSA) is 81.4 Å². The maximum Gasteiger partial charge on any atom is 0.275 e. The zero-order valence-electron chi connectivity index (χ0n) is 7.11. The maximum atomic E-state index is 11.2. The highest BCUT2D eigenvalue weighted by atomic mass is 16.5. The van der Waals surface area contributed by atoms with E-state index >= 15 is 0 Å². The quantitative estimate of drug-likeness (QED) is 0.596. The summed E-state index contributed by atoms with van der Waals surface area (Å²) in [7, 11) is 0. The summed E-state index contributed by atoms with van der Waals surface area (Å²) in [6.45, 7) is 0. The Balaban J connectivity index is 2.36. The fraction of sp³-hybridized carbons (Fsp3) is 0.111. The van der Waals surface area contributed by atoms with Crippen molar-refractivity contribution in [3.63, 3.8) is 0 Å². The van der Waals surface area contributed by atoms with Gasteiger partial charge in [-0.2, -0.15) is 0 Å². The number of rotatable bonds is 1. The van der Waals surface area contributed by atoms with Crippen molar-refractivity contribution >= 4 is 17.5 Å². The van der Waals surface area contributed by atoms with Crippen LogP contribution in [0.25, 0.3) is 0 Å². The number of fused-ring (bicyclic) bond motifs is 1. The van der Waals surface area contributed by atoms with Gasteiger partial charge in [-0.3, -0.25) is 9.59 Å². The van der Waals surface area contributed by atoms with Crippen molar-refractivity contribution in [3.05, 3.63) is 24.3 Å². The molecule has 14 heavy (non-hydrogen) atoms. The van der Waals surface area contributed by atoms with Crippen LogP contribution in [0.3, 0.4) is 0 Å². The molecule has 0 saturated heterocycles. The molecule has 1 aromatic carbocycles. The summed E-state index contributed by atoms with van der Waals surface area (Å²) in [5.74, 6) is -0.972. The highest BCUT2D eigenvalue weighted by Gasteiger charge is 2.31. The first kappa shape index (κ1) is 8.55. The number of hydrogen-bond acceptors (Lipinski definition) is 3. The van der Waals surface area contributed by atoms with Crippen molar-refractivity contribution in [1.29, 1.82) is 0 Å². The van der Waals surface area contributed by atoms with Crippen LogP contribution in [-0.4, -0.2) is 17.9 Å². The first-order valence-corrected chi connectivity index (χ1v) is 3.96. The van der Waals surface area contributed by atoms with E-state index in [1.807, 2.05) is 0 Å². The second-order valence-corrected chi connectivity index (χ2v) is 2.80. The monoisotopic (exact) mass is 191 g/mol. The highest BCUT2D eigenvalue weighted by molar-refractivity contribution is 6.10. The Morgan fingerprint density at radius 1 is 1.64 bits per heavy atom. The number of nitrogens with one attached hydrogen (secondary N) is 1. The minimum Gasteiger partial charge on any atom is -0.468 e. The highest BCUT2D eigenvalue weighted by Crippen LogP contribution is 2.27. The average Bonchev–Trinajstić information content (AvgIpc) is 2.16. The number of para-hydroxylation sites is 1. The Morgan fingerprint density at radius 3 is 3.14 bits per heavy atom. The molecule has 0 aromatic heterocycles. The van der Waals surface area contributed by atoms with E-state index in [1.54, 1.807) is 18.2 Å². The van der Waals surface area contributed by atoms with Crippen LogP contribution < -0.4 is 15.8 Å². The van der Waals surface area contributed by atoms with E-state index < -0.39 is 17.9 Å². The molecule has 1 aromatic rings. The SMILES string of the molecule is NC(=O)C1Oc2ccc[c]c2NC1=O. The molecule has 1 radical (unpaired) electrons.